The average molecular weight is 376 g/mol. The van der Waals surface area contributed by atoms with Crippen LogP contribution in [-0.2, 0) is 19.9 Å². The number of likely N-dealkylation sites (N-methyl/N-ethyl adjacent to an activating group) is 1. The number of imide groups is 1. The third-order valence-electron chi connectivity index (χ3n) is 4.42. The summed E-state index contributed by atoms with van der Waals surface area (Å²) >= 11 is 0. The highest BCUT2D eigenvalue weighted by molar-refractivity contribution is 6.09. The number of nitrogens with zero attached hydrogens (tertiary/aromatic N) is 1. The molecule has 2 aliphatic rings. The SMILES string of the molecule is CNC(=O)CNC(=O)CN1C(=O)N[C@](C)(c2ccc3c(c2)OCCO3)C1=O. The summed E-state index contributed by atoms with van der Waals surface area (Å²) in [6.07, 6.45) is 0. The van der Waals surface area contributed by atoms with Gasteiger partial charge in [-0.2, -0.15) is 0 Å². The molecule has 144 valence electrons. The minimum atomic E-state index is -1.34. The number of hydrogen-bond acceptors (Lipinski definition) is 6. The molecule has 0 saturated carbocycles. The van der Waals surface area contributed by atoms with E-state index in [2.05, 4.69) is 16.0 Å². The molecule has 1 fully saturated rings. The number of benzene rings is 1. The summed E-state index contributed by atoms with van der Waals surface area (Å²) < 4.78 is 11.0. The van der Waals surface area contributed by atoms with E-state index >= 15 is 0 Å². The van der Waals surface area contributed by atoms with Gasteiger partial charge in [0.05, 0.1) is 6.54 Å². The topological polar surface area (TPSA) is 126 Å². The highest BCUT2D eigenvalue weighted by atomic mass is 16.6. The zero-order valence-electron chi connectivity index (χ0n) is 15.0. The van der Waals surface area contributed by atoms with E-state index < -0.39 is 29.9 Å². The van der Waals surface area contributed by atoms with Gasteiger partial charge in [0, 0.05) is 7.05 Å². The lowest BCUT2D eigenvalue weighted by Crippen LogP contribution is -2.45. The van der Waals surface area contributed by atoms with Crippen molar-refractivity contribution >= 4 is 23.8 Å². The van der Waals surface area contributed by atoms with Crippen LogP contribution in [0.3, 0.4) is 0 Å². The van der Waals surface area contributed by atoms with E-state index in [1.807, 2.05) is 0 Å². The van der Waals surface area contributed by atoms with E-state index in [0.717, 1.165) is 4.90 Å². The van der Waals surface area contributed by atoms with Crippen molar-refractivity contribution in [3.8, 4) is 11.5 Å². The maximum atomic E-state index is 12.8. The van der Waals surface area contributed by atoms with Crippen molar-refractivity contribution in [1.82, 2.24) is 20.9 Å². The van der Waals surface area contributed by atoms with E-state index in [1.54, 1.807) is 25.1 Å². The van der Waals surface area contributed by atoms with Crippen LogP contribution >= 0.6 is 0 Å². The molecule has 3 rings (SSSR count). The smallest absolute Gasteiger partial charge is 0.325 e. The second-order valence-corrected chi connectivity index (χ2v) is 6.25. The monoisotopic (exact) mass is 376 g/mol. The van der Waals surface area contributed by atoms with Crippen LogP contribution in [-0.4, -0.2) is 62.0 Å². The van der Waals surface area contributed by atoms with Crippen LogP contribution in [0.25, 0.3) is 0 Å². The molecule has 0 radical (unpaired) electrons. The summed E-state index contributed by atoms with van der Waals surface area (Å²) in [5, 5.41) is 7.32. The largest absolute Gasteiger partial charge is 0.486 e. The van der Waals surface area contributed by atoms with Gasteiger partial charge in [0.15, 0.2) is 11.5 Å². The Kier molecular flexibility index (Phi) is 4.89. The van der Waals surface area contributed by atoms with Crippen molar-refractivity contribution in [1.29, 1.82) is 0 Å². The Morgan fingerprint density at radius 2 is 1.89 bits per heavy atom. The molecule has 0 aliphatic carbocycles. The molecule has 1 aromatic carbocycles. The number of rotatable bonds is 5. The molecule has 3 N–H and O–H groups in total. The molecule has 27 heavy (non-hydrogen) atoms. The van der Waals surface area contributed by atoms with Crippen LogP contribution in [0.5, 0.6) is 11.5 Å². The Bertz CT molecular complexity index is 811. The Morgan fingerprint density at radius 3 is 2.59 bits per heavy atom. The molecule has 1 saturated heterocycles. The standard InChI is InChI=1S/C17H20N4O6/c1-17(10-3-4-11-12(7-10)27-6-5-26-11)15(24)21(16(25)20-17)9-14(23)19-8-13(22)18-2/h3-4,7H,5-6,8-9H2,1-2H3,(H,18,22)(H,19,23)(H,20,25)/t17-/m1/s1. The lowest BCUT2D eigenvalue weighted by Gasteiger charge is -2.25. The molecule has 2 heterocycles. The molecule has 10 heteroatoms. The number of carbonyl (C=O) groups excluding carboxylic acids is 4. The second kappa shape index (κ2) is 7.14. The molecule has 10 nitrogen and oxygen atoms in total. The molecule has 1 aromatic rings. The summed E-state index contributed by atoms with van der Waals surface area (Å²) in [6.45, 7) is 1.67. The Morgan fingerprint density at radius 1 is 1.19 bits per heavy atom. The van der Waals surface area contributed by atoms with Crippen molar-refractivity contribution in [3.63, 3.8) is 0 Å². The van der Waals surface area contributed by atoms with Gasteiger partial charge in [-0.05, 0) is 24.6 Å². The minimum absolute atomic E-state index is 0.238. The van der Waals surface area contributed by atoms with Gasteiger partial charge in [-0.15, -0.1) is 0 Å². The molecule has 0 unspecified atom stereocenters. The summed E-state index contributed by atoms with van der Waals surface area (Å²) in [7, 11) is 1.44. The van der Waals surface area contributed by atoms with Gasteiger partial charge < -0.3 is 25.4 Å². The normalized spacial score (nSPS) is 20.9. The molecule has 0 bridgehead atoms. The van der Waals surface area contributed by atoms with Crippen molar-refractivity contribution in [3.05, 3.63) is 23.8 Å². The molecular formula is C17H20N4O6. The van der Waals surface area contributed by atoms with Crippen LogP contribution < -0.4 is 25.4 Å². The zero-order chi connectivity index (χ0) is 19.6. The predicted molar refractivity (Wildman–Crippen MR) is 92.1 cm³/mol. The van der Waals surface area contributed by atoms with Crippen molar-refractivity contribution in [2.45, 2.75) is 12.5 Å². The van der Waals surface area contributed by atoms with Crippen LogP contribution in [0, 0.1) is 0 Å². The van der Waals surface area contributed by atoms with E-state index in [1.165, 1.54) is 7.05 Å². The van der Waals surface area contributed by atoms with Crippen LogP contribution in [0.1, 0.15) is 12.5 Å². The van der Waals surface area contributed by atoms with Crippen molar-refractivity contribution in [2.75, 3.05) is 33.4 Å². The highest BCUT2D eigenvalue weighted by Gasteiger charge is 2.49. The number of urea groups is 1. The quantitative estimate of drug-likeness (QED) is 0.571. The van der Waals surface area contributed by atoms with Crippen molar-refractivity contribution in [2.24, 2.45) is 0 Å². The second-order valence-electron chi connectivity index (χ2n) is 6.25. The van der Waals surface area contributed by atoms with Gasteiger partial charge in [0.25, 0.3) is 5.91 Å². The van der Waals surface area contributed by atoms with Gasteiger partial charge in [-0.25, -0.2) is 4.79 Å². The van der Waals surface area contributed by atoms with E-state index in [4.69, 9.17) is 9.47 Å². The van der Waals surface area contributed by atoms with E-state index in [9.17, 15) is 19.2 Å². The molecule has 2 aliphatic heterocycles. The number of carbonyl (C=O) groups is 4. The number of nitrogens with one attached hydrogen (secondary N) is 3. The molecule has 0 spiro atoms. The first-order valence-corrected chi connectivity index (χ1v) is 8.36. The summed E-state index contributed by atoms with van der Waals surface area (Å²) in [4.78, 5) is 49.1. The van der Waals surface area contributed by atoms with Gasteiger partial charge in [-0.3, -0.25) is 19.3 Å². The average Bonchev–Trinajstić information content (AvgIpc) is 2.89. The molecule has 1 atom stereocenters. The van der Waals surface area contributed by atoms with Gasteiger partial charge >= 0.3 is 6.03 Å². The fraction of sp³-hybridized carbons (Fsp3) is 0.412. The van der Waals surface area contributed by atoms with Crippen LogP contribution in [0.4, 0.5) is 4.79 Å². The predicted octanol–water partition coefficient (Wildman–Crippen LogP) is -0.913. The zero-order valence-corrected chi connectivity index (χ0v) is 15.0. The first kappa shape index (κ1) is 18.5. The third-order valence-corrected chi connectivity index (χ3v) is 4.42. The number of amides is 5. The minimum Gasteiger partial charge on any atom is -0.486 e. The maximum Gasteiger partial charge on any atom is 0.325 e. The fourth-order valence-electron chi connectivity index (χ4n) is 2.86. The first-order valence-electron chi connectivity index (χ1n) is 8.36. The summed E-state index contributed by atoms with van der Waals surface area (Å²) in [5.41, 5.74) is -0.827. The fourth-order valence-corrected chi connectivity index (χ4v) is 2.86. The summed E-state index contributed by atoms with van der Waals surface area (Å²) in [6, 6.07) is 4.29. The van der Waals surface area contributed by atoms with Gasteiger partial charge in [0.2, 0.25) is 11.8 Å². The van der Waals surface area contributed by atoms with E-state index in [-0.39, 0.29) is 12.5 Å². The maximum absolute atomic E-state index is 12.8. The Balaban J connectivity index is 1.74. The molecule has 0 aromatic heterocycles. The highest BCUT2D eigenvalue weighted by Crippen LogP contribution is 2.36. The van der Waals surface area contributed by atoms with Crippen LogP contribution in [0.15, 0.2) is 18.2 Å². The van der Waals surface area contributed by atoms with Crippen LogP contribution in [0.2, 0.25) is 0 Å². The number of hydrogen-bond donors (Lipinski definition) is 3. The van der Waals surface area contributed by atoms with Gasteiger partial charge in [-0.1, -0.05) is 6.07 Å². The third kappa shape index (κ3) is 3.50. The Hall–Kier alpha value is -3.30. The molecule has 5 amide bonds. The van der Waals surface area contributed by atoms with Gasteiger partial charge in [0.1, 0.15) is 25.3 Å². The van der Waals surface area contributed by atoms with Crippen molar-refractivity contribution < 1.29 is 28.7 Å². The first-order chi connectivity index (χ1) is 12.8. The lowest BCUT2D eigenvalue weighted by atomic mass is 9.91. The summed E-state index contributed by atoms with van der Waals surface area (Å²) in [5.74, 6) is -0.519. The lowest BCUT2D eigenvalue weighted by molar-refractivity contribution is -0.135. The Labute approximate surface area is 155 Å². The molecular weight excluding hydrogens is 356 g/mol. The number of ether oxygens (including phenoxy) is 2. The van der Waals surface area contributed by atoms with E-state index in [0.29, 0.717) is 30.3 Å². The number of fused-ring (bicyclic) bond motifs is 1.